The largest absolute Gasteiger partial charge is 0.395 e. The molecule has 112 valence electrons. The molecule has 6 heteroatoms. The fourth-order valence-electron chi connectivity index (χ4n) is 3.04. The lowest BCUT2D eigenvalue weighted by atomic mass is 10.1. The minimum absolute atomic E-state index is 0.140. The van der Waals surface area contributed by atoms with E-state index in [-0.39, 0.29) is 6.61 Å². The number of nitrogens with zero attached hydrogens (tertiary/aromatic N) is 3. The summed E-state index contributed by atoms with van der Waals surface area (Å²) >= 11 is 1.42. The van der Waals surface area contributed by atoms with Crippen LogP contribution < -0.4 is 10.6 Å². The van der Waals surface area contributed by atoms with Gasteiger partial charge in [0.1, 0.15) is 10.8 Å². The molecule has 0 radical (unpaired) electrons. The normalized spacial score (nSPS) is 15.5. The standard InChI is InChI=1S/C15H20N4OS/c16-14-13(11-4-3-7-17-10-11)15(21-18-14)19(8-9-20)12-5-1-2-6-12/h3-4,7,10,12,20H,1-2,5-6,8-9H2,(H2,16,18). The van der Waals surface area contributed by atoms with E-state index in [9.17, 15) is 5.11 Å². The summed E-state index contributed by atoms with van der Waals surface area (Å²) in [6, 6.07) is 4.39. The molecule has 2 aromatic heterocycles. The average Bonchev–Trinajstić information content (AvgIpc) is 3.15. The fraction of sp³-hybridized carbons (Fsp3) is 0.467. The first-order valence-electron chi connectivity index (χ1n) is 7.34. The number of hydrogen-bond acceptors (Lipinski definition) is 6. The van der Waals surface area contributed by atoms with Crippen molar-refractivity contribution in [3.63, 3.8) is 0 Å². The average molecular weight is 304 g/mol. The number of pyridine rings is 1. The molecular weight excluding hydrogens is 284 g/mol. The van der Waals surface area contributed by atoms with Gasteiger partial charge >= 0.3 is 0 Å². The van der Waals surface area contributed by atoms with E-state index in [1.165, 1.54) is 37.2 Å². The monoisotopic (exact) mass is 304 g/mol. The zero-order valence-corrected chi connectivity index (χ0v) is 12.7. The van der Waals surface area contributed by atoms with Crippen LogP contribution >= 0.6 is 11.5 Å². The topological polar surface area (TPSA) is 75.3 Å². The van der Waals surface area contributed by atoms with Crippen LogP contribution in [-0.2, 0) is 0 Å². The first-order valence-corrected chi connectivity index (χ1v) is 8.11. The molecule has 21 heavy (non-hydrogen) atoms. The highest BCUT2D eigenvalue weighted by atomic mass is 32.1. The van der Waals surface area contributed by atoms with Gasteiger partial charge in [-0.2, -0.15) is 4.37 Å². The van der Waals surface area contributed by atoms with Crippen molar-refractivity contribution in [2.75, 3.05) is 23.8 Å². The maximum Gasteiger partial charge on any atom is 0.147 e. The Bertz CT molecular complexity index is 581. The van der Waals surface area contributed by atoms with E-state index in [1.807, 2.05) is 18.3 Å². The summed E-state index contributed by atoms with van der Waals surface area (Å²) in [6.45, 7) is 0.764. The van der Waals surface area contributed by atoms with E-state index in [0.29, 0.717) is 18.4 Å². The van der Waals surface area contributed by atoms with E-state index in [1.54, 1.807) is 6.20 Å². The molecule has 0 saturated heterocycles. The molecule has 1 aliphatic carbocycles. The predicted octanol–water partition coefficient (Wildman–Crippen LogP) is 2.53. The Morgan fingerprint density at radius 1 is 1.38 bits per heavy atom. The van der Waals surface area contributed by atoms with Gasteiger partial charge in [-0.25, -0.2) is 0 Å². The van der Waals surface area contributed by atoms with Crippen LogP contribution in [-0.4, -0.2) is 33.7 Å². The van der Waals surface area contributed by atoms with Crippen molar-refractivity contribution in [3.8, 4) is 11.1 Å². The van der Waals surface area contributed by atoms with Crippen molar-refractivity contribution in [1.82, 2.24) is 9.36 Å². The van der Waals surface area contributed by atoms with Crippen LogP contribution in [0.1, 0.15) is 25.7 Å². The number of nitrogen functional groups attached to an aromatic ring is 1. The summed E-state index contributed by atoms with van der Waals surface area (Å²) in [4.78, 5) is 6.46. The number of rotatable bonds is 5. The number of anilines is 2. The Labute approximate surface area is 128 Å². The fourth-order valence-corrected chi connectivity index (χ4v) is 3.98. The van der Waals surface area contributed by atoms with Gasteiger partial charge in [-0.1, -0.05) is 18.9 Å². The lowest BCUT2D eigenvalue weighted by Crippen LogP contribution is -2.35. The summed E-state index contributed by atoms with van der Waals surface area (Å²) in [6.07, 6.45) is 8.41. The van der Waals surface area contributed by atoms with Gasteiger partial charge in [0.2, 0.25) is 0 Å². The van der Waals surface area contributed by atoms with Crippen LogP contribution in [0.25, 0.3) is 11.1 Å². The predicted molar refractivity (Wildman–Crippen MR) is 86.4 cm³/mol. The Kier molecular flexibility index (Phi) is 4.36. The summed E-state index contributed by atoms with van der Waals surface area (Å²) < 4.78 is 4.34. The molecule has 3 N–H and O–H groups in total. The van der Waals surface area contributed by atoms with Gasteiger partial charge in [-0.15, -0.1) is 0 Å². The maximum absolute atomic E-state index is 9.43. The first kappa shape index (κ1) is 14.3. The molecule has 2 aromatic rings. The van der Waals surface area contributed by atoms with Crippen molar-refractivity contribution in [2.45, 2.75) is 31.7 Å². The number of aliphatic hydroxyl groups excluding tert-OH is 1. The Hall–Kier alpha value is -1.66. The molecule has 0 aliphatic heterocycles. The van der Waals surface area contributed by atoms with Gasteiger partial charge in [0, 0.05) is 30.5 Å². The van der Waals surface area contributed by atoms with E-state index in [0.717, 1.165) is 16.1 Å². The molecular formula is C15H20N4OS. The van der Waals surface area contributed by atoms with Gasteiger partial charge in [-0.05, 0) is 30.4 Å². The molecule has 0 aromatic carbocycles. The number of nitrogens with two attached hydrogens (primary N) is 1. The summed E-state index contributed by atoms with van der Waals surface area (Å²) in [5.74, 6) is 0.545. The molecule has 3 rings (SSSR count). The third kappa shape index (κ3) is 2.87. The number of hydrogen-bond donors (Lipinski definition) is 2. The van der Waals surface area contributed by atoms with Crippen molar-refractivity contribution in [3.05, 3.63) is 24.5 Å². The van der Waals surface area contributed by atoms with Crippen molar-refractivity contribution in [1.29, 1.82) is 0 Å². The molecule has 0 spiro atoms. The van der Waals surface area contributed by atoms with Crippen LogP contribution in [0.15, 0.2) is 24.5 Å². The minimum atomic E-state index is 0.140. The second-order valence-corrected chi connectivity index (χ2v) is 6.10. The smallest absolute Gasteiger partial charge is 0.147 e. The molecule has 0 atom stereocenters. The third-order valence-electron chi connectivity index (χ3n) is 4.02. The number of aromatic nitrogens is 2. The van der Waals surface area contributed by atoms with Crippen molar-refractivity contribution < 1.29 is 5.11 Å². The van der Waals surface area contributed by atoms with Crippen LogP contribution in [0.4, 0.5) is 10.8 Å². The van der Waals surface area contributed by atoms with Crippen molar-refractivity contribution in [2.24, 2.45) is 0 Å². The number of aliphatic hydroxyl groups is 1. The lowest BCUT2D eigenvalue weighted by molar-refractivity contribution is 0.297. The highest BCUT2D eigenvalue weighted by Crippen LogP contribution is 2.41. The zero-order valence-electron chi connectivity index (χ0n) is 11.9. The second-order valence-electron chi connectivity index (χ2n) is 5.34. The third-order valence-corrected chi connectivity index (χ3v) is 4.92. The van der Waals surface area contributed by atoms with E-state index < -0.39 is 0 Å². The highest BCUT2D eigenvalue weighted by molar-refractivity contribution is 7.11. The van der Waals surface area contributed by atoms with Gasteiger partial charge in [0.25, 0.3) is 0 Å². The van der Waals surface area contributed by atoms with Crippen LogP contribution in [0, 0.1) is 0 Å². The van der Waals surface area contributed by atoms with E-state index in [2.05, 4.69) is 14.3 Å². The van der Waals surface area contributed by atoms with E-state index >= 15 is 0 Å². The Morgan fingerprint density at radius 2 is 2.19 bits per heavy atom. The maximum atomic E-state index is 9.43. The van der Waals surface area contributed by atoms with Crippen LogP contribution in [0.5, 0.6) is 0 Å². The van der Waals surface area contributed by atoms with E-state index in [4.69, 9.17) is 5.73 Å². The Morgan fingerprint density at radius 3 is 2.86 bits per heavy atom. The van der Waals surface area contributed by atoms with Gasteiger partial charge in [0.05, 0.1) is 12.2 Å². The molecule has 2 heterocycles. The lowest BCUT2D eigenvalue weighted by Gasteiger charge is -2.29. The molecule has 1 aliphatic rings. The van der Waals surface area contributed by atoms with Gasteiger partial charge in [-0.3, -0.25) is 4.98 Å². The highest BCUT2D eigenvalue weighted by Gasteiger charge is 2.27. The summed E-state index contributed by atoms with van der Waals surface area (Å²) in [5.41, 5.74) is 8.03. The second kappa shape index (κ2) is 6.41. The quantitative estimate of drug-likeness (QED) is 0.888. The van der Waals surface area contributed by atoms with Crippen LogP contribution in [0.2, 0.25) is 0 Å². The Balaban J connectivity index is 2.00. The van der Waals surface area contributed by atoms with Gasteiger partial charge in [0.15, 0.2) is 0 Å². The molecule has 5 nitrogen and oxygen atoms in total. The van der Waals surface area contributed by atoms with Crippen LogP contribution in [0.3, 0.4) is 0 Å². The SMILES string of the molecule is Nc1nsc(N(CCO)C2CCCC2)c1-c1cccnc1. The van der Waals surface area contributed by atoms with Crippen molar-refractivity contribution >= 4 is 22.4 Å². The first-order chi connectivity index (χ1) is 10.3. The molecule has 0 unspecified atom stereocenters. The molecule has 0 amide bonds. The summed E-state index contributed by atoms with van der Waals surface area (Å²) in [7, 11) is 0. The zero-order chi connectivity index (χ0) is 14.7. The van der Waals surface area contributed by atoms with Gasteiger partial charge < -0.3 is 15.7 Å². The minimum Gasteiger partial charge on any atom is -0.395 e. The molecule has 1 fully saturated rings. The summed E-state index contributed by atoms with van der Waals surface area (Å²) in [5, 5.41) is 10.5. The molecule has 0 bridgehead atoms. The molecule has 1 saturated carbocycles.